The molecule has 4 heteroatoms. The van der Waals surface area contributed by atoms with Crippen molar-refractivity contribution < 1.29 is 5.11 Å². The van der Waals surface area contributed by atoms with Gasteiger partial charge < -0.3 is 10.4 Å². The maximum atomic E-state index is 8.89. The molecular weight excluding hydrogens is 262 g/mol. The first-order valence-electron chi connectivity index (χ1n) is 7.65. The van der Waals surface area contributed by atoms with Gasteiger partial charge in [-0.2, -0.15) is 0 Å². The highest BCUT2D eigenvalue weighted by atomic mass is 16.2. The predicted molar refractivity (Wildman–Crippen MR) is 86.2 cm³/mol. The first-order valence-corrected chi connectivity index (χ1v) is 7.65. The Morgan fingerprint density at radius 1 is 1.19 bits per heavy atom. The van der Waals surface area contributed by atoms with Crippen molar-refractivity contribution in [3.05, 3.63) is 36.2 Å². The number of benzene rings is 1. The topological polar surface area (TPSA) is 58.0 Å². The van der Waals surface area contributed by atoms with Crippen molar-refractivity contribution in [2.75, 3.05) is 11.9 Å². The van der Waals surface area contributed by atoms with E-state index in [4.69, 9.17) is 5.11 Å². The van der Waals surface area contributed by atoms with Gasteiger partial charge in [-0.15, -0.1) is 0 Å². The van der Waals surface area contributed by atoms with Gasteiger partial charge in [0.25, 0.3) is 0 Å². The second-order valence-corrected chi connectivity index (χ2v) is 5.56. The first kappa shape index (κ1) is 14.0. The number of aromatic nitrogens is 2. The third kappa shape index (κ3) is 3.39. The van der Waals surface area contributed by atoms with Gasteiger partial charge in [0.05, 0.1) is 12.1 Å². The number of anilines is 1. The molecule has 0 aliphatic heterocycles. The molecule has 0 atom stereocenters. The van der Waals surface area contributed by atoms with Crippen LogP contribution in [0.1, 0.15) is 37.7 Å². The second kappa shape index (κ2) is 6.68. The number of fused-ring (bicyclic) bond motifs is 1. The summed E-state index contributed by atoms with van der Waals surface area (Å²) >= 11 is 0. The van der Waals surface area contributed by atoms with Crippen LogP contribution in [0.4, 0.5) is 5.82 Å². The molecule has 3 rings (SSSR count). The van der Waals surface area contributed by atoms with E-state index in [2.05, 4.69) is 21.4 Å². The highest BCUT2D eigenvalue weighted by Crippen LogP contribution is 2.25. The van der Waals surface area contributed by atoms with Crippen molar-refractivity contribution in [1.82, 2.24) is 9.97 Å². The fourth-order valence-electron chi connectivity index (χ4n) is 2.92. The number of hydrogen-bond acceptors (Lipinski definition) is 4. The zero-order valence-corrected chi connectivity index (χ0v) is 12.1. The Morgan fingerprint density at radius 2 is 2.05 bits per heavy atom. The fraction of sp³-hybridized carbons (Fsp3) is 0.412. The molecule has 21 heavy (non-hydrogen) atoms. The SMILES string of the molecule is OC/C=C/c1ccc2ncnc(NC3CCCCC3)c2c1. The minimum atomic E-state index is 0.0521. The summed E-state index contributed by atoms with van der Waals surface area (Å²) in [6, 6.07) is 6.60. The molecule has 0 unspecified atom stereocenters. The molecule has 0 radical (unpaired) electrons. The molecule has 4 nitrogen and oxygen atoms in total. The minimum Gasteiger partial charge on any atom is -0.392 e. The van der Waals surface area contributed by atoms with E-state index in [1.807, 2.05) is 18.2 Å². The summed E-state index contributed by atoms with van der Waals surface area (Å²) in [6.45, 7) is 0.0521. The van der Waals surface area contributed by atoms with E-state index in [-0.39, 0.29) is 6.61 Å². The van der Waals surface area contributed by atoms with Crippen molar-refractivity contribution in [3.63, 3.8) is 0 Å². The molecule has 1 aliphatic rings. The van der Waals surface area contributed by atoms with Crippen LogP contribution < -0.4 is 5.32 Å². The van der Waals surface area contributed by atoms with Gasteiger partial charge in [0, 0.05) is 11.4 Å². The van der Waals surface area contributed by atoms with Crippen molar-refractivity contribution >= 4 is 22.8 Å². The molecule has 1 aromatic heterocycles. The van der Waals surface area contributed by atoms with Crippen LogP contribution in [0, 0.1) is 0 Å². The van der Waals surface area contributed by atoms with Crippen molar-refractivity contribution in [2.45, 2.75) is 38.1 Å². The van der Waals surface area contributed by atoms with Gasteiger partial charge in [-0.1, -0.05) is 37.5 Å². The quantitative estimate of drug-likeness (QED) is 0.903. The van der Waals surface area contributed by atoms with Crippen molar-refractivity contribution in [1.29, 1.82) is 0 Å². The predicted octanol–water partition coefficient (Wildman–Crippen LogP) is 3.38. The van der Waals surface area contributed by atoms with E-state index < -0.39 is 0 Å². The average molecular weight is 283 g/mol. The number of nitrogens with one attached hydrogen (secondary N) is 1. The molecule has 2 aromatic rings. The molecular formula is C17H21N3O. The smallest absolute Gasteiger partial charge is 0.137 e. The van der Waals surface area contributed by atoms with E-state index in [1.165, 1.54) is 32.1 Å². The van der Waals surface area contributed by atoms with E-state index in [1.54, 1.807) is 12.4 Å². The average Bonchev–Trinajstić information content (AvgIpc) is 2.54. The van der Waals surface area contributed by atoms with Crippen molar-refractivity contribution in [3.8, 4) is 0 Å². The first-order chi connectivity index (χ1) is 10.4. The third-order valence-corrected chi connectivity index (χ3v) is 4.02. The minimum absolute atomic E-state index is 0.0521. The molecule has 0 bridgehead atoms. The van der Waals surface area contributed by atoms with Gasteiger partial charge in [-0.25, -0.2) is 9.97 Å². The van der Waals surface area contributed by atoms with E-state index in [0.717, 1.165) is 22.3 Å². The monoisotopic (exact) mass is 283 g/mol. The Hall–Kier alpha value is -1.94. The highest BCUT2D eigenvalue weighted by Gasteiger charge is 2.14. The number of aliphatic hydroxyl groups excluding tert-OH is 1. The summed E-state index contributed by atoms with van der Waals surface area (Å²) in [5, 5.41) is 13.5. The van der Waals surface area contributed by atoms with Crippen LogP contribution in [0.3, 0.4) is 0 Å². The van der Waals surface area contributed by atoms with Crippen LogP contribution in [0.15, 0.2) is 30.6 Å². The van der Waals surface area contributed by atoms with Crippen LogP contribution >= 0.6 is 0 Å². The van der Waals surface area contributed by atoms with Gasteiger partial charge in [0.1, 0.15) is 12.1 Å². The standard InChI is InChI=1S/C17H21N3O/c21-10-4-5-13-8-9-16-15(11-13)17(19-12-18-16)20-14-6-2-1-3-7-14/h4-5,8-9,11-12,14,21H,1-3,6-7,10H2,(H,18,19,20)/b5-4+. The summed E-state index contributed by atoms with van der Waals surface area (Å²) in [4.78, 5) is 8.76. The van der Waals surface area contributed by atoms with Crippen LogP contribution in [0.25, 0.3) is 17.0 Å². The molecule has 0 saturated heterocycles. The van der Waals surface area contributed by atoms with Gasteiger partial charge >= 0.3 is 0 Å². The van der Waals surface area contributed by atoms with Crippen LogP contribution in [0.2, 0.25) is 0 Å². The van der Waals surface area contributed by atoms with Gasteiger partial charge in [0.2, 0.25) is 0 Å². The summed E-state index contributed by atoms with van der Waals surface area (Å²) in [6.07, 6.45) is 11.6. The second-order valence-electron chi connectivity index (χ2n) is 5.56. The number of aliphatic hydroxyl groups is 1. The molecule has 1 saturated carbocycles. The summed E-state index contributed by atoms with van der Waals surface area (Å²) in [5.74, 6) is 0.922. The zero-order valence-electron chi connectivity index (χ0n) is 12.1. The molecule has 1 fully saturated rings. The Labute approximate surface area is 124 Å². The Balaban J connectivity index is 1.90. The summed E-state index contributed by atoms with van der Waals surface area (Å²) in [5.41, 5.74) is 2.00. The fourth-order valence-corrected chi connectivity index (χ4v) is 2.92. The van der Waals surface area contributed by atoms with E-state index in [9.17, 15) is 0 Å². The maximum absolute atomic E-state index is 8.89. The lowest BCUT2D eigenvalue weighted by molar-refractivity contribution is 0.343. The van der Waals surface area contributed by atoms with Crippen LogP contribution in [-0.2, 0) is 0 Å². The number of rotatable bonds is 4. The van der Waals surface area contributed by atoms with Crippen LogP contribution in [0.5, 0.6) is 0 Å². The number of hydrogen-bond donors (Lipinski definition) is 2. The molecule has 0 spiro atoms. The van der Waals surface area contributed by atoms with Gasteiger partial charge in [-0.3, -0.25) is 0 Å². The zero-order chi connectivity index (χ0) is 14.5. The molecule has 0 amide bonds. The lowest BCUT2D eigenvalue weighted by Crippen LogP contribution is -2.23. The maximum Gasteiger partial charge on any atom is 0.137 e. The summed E-state index contributed by atoms with van der Waals surface area (Å²) < 4.78 is 0. The molecule has 110 valence electrons. The Morgan fingerprint density at radius 3 is 2.86 bits per heavy atom. The van der Waals surface area contributed by atoms with Gasteiger partial charge in [0.15, 0.2) is 0 Å². The lowest BCUT2D eigenvalue weighted by Gasteiger charge is -2.23. The molecule has 1 aliphatic carbocycles. The molecule has 1 aromatic carbocycles. The van der Waals surface area contributed by atoms with Crippen LogP contribution in [-0.4, -0.2) is 27.7 Å². The van der Waals surface area contributed by atoms with Gasteiger partial charge in [-0.05, 0) is 30.5 Å². The lowest BCUT2D eigenvalue weighted by atomic mass is 9.95. The largest absolute Gasteiger partial charge is 0.392 e. The number of nitrogens with zero attached hydrogens (tertiary/aromatic N) is 2. The third-order valence-electron chi connectivity index (χ3n) is 4.02. The van der Waals surface area contributed by atoms with E-state index >= 15 is 0 Å². The Kier molecular flexibility index (Phi) is 4.46. The summed E-state index contributed by atoms with van der Waals surface area (Å²) in [7, 11) is 0. The Bertz CT molecular complexity index is 633. The molecule has 1 heterocycles. The van der Waals surface area contributed by atoms with Crippen molar-refractivity contribution in [2.24, 2.45) is 0 Å². The molecule has 2 N–H and O–H groups in total. The highest BCUT2D eigenvalue weighted by molar-refractivity contribution is 5.90. The van der Waals surface area contributed by atoms with E-state index in [0.29, 0.717) is 6.04 Å². The normalized spacial score (nSPS) is 16.6.